The van der Waals surface area contributed by atoms with Gasteiger partial charge in [-0.15, -0.1) is 16.2 Å². The summed E-state index contributed by atoms with van der Waals surface area (Å²) in [6, 6.07) is 11.3. The van der Waals surface area contributed by atoms with Gasteiger partial charge in [0.15, 0.2) is 6.79 Å². The van der Waals surface area contributed by atoms with E-state index in [2.05, 4.69) is 10.2 Å². The molecule has 0 N–H and O–H groups in total. The number of hydrogen-bond acceptors (Lipinski definition) is 6. The fourth-order valence-corrected chi connectivity index (χ4v) is 3.13. The minimum Gasteiger partial charge on any atom is -0.468 e. The molecule has 3 rings (SSSR count). The largest absolute Gasteiger partial charge is 0.468 e. The van der Waals surface area contributed by atoms with Crippen molar-refractivity contribution in [2.75, 3.05) is 13.9 Å². The van der Waals surface area contributed by atoms with Crippen molar-refractivity contribution in [1.29, 1.82) is 0 Å². The second-order valence-corrected chi connectivity index (χ2v) is 5.82. The molecule has 1 heterocycles. The molecule has 2 aromatic carbocycles. The van der Waals surface area contributed by atoms with Gasteiger partial charge in [0.2, 0.25) is 0 Å². The van der Waals surface area contributed by atoms with Gasteiger partial charge in [0, 0.05) is 12.7 Å². The maximum Gasteiger partial charge on any atom is 0.188 e. The lowest BCUT2D eigenvalue weighted by atomic mass is 10.1. The molecule has 3 aromatic rings. The normalized spacial score (nSPS) is 10.8. The summed E-state index contributed by atoms with van der Waals surface area (Å²) < 4.78 is 11.4. The van der Waals surface area contributed by atoms with E-state index in [1.54, 1.807) is 24.5 Å². The average Bonchev–Trinajstić information content (AvgIpc) is 2.96. The summed E-state index contributed by atoms with van der Waals surface area (Å²) in [4.78, 5) is 15.3. The van der Waals surface area contributed by atoms with E-state index in [-0.39, 0.29) is 6.79 Å². The lowest BCUT2D eigenvalue weighted by Crippen LogP contribution is -1.98. The van der Waals surface area contributed by atoms with E-state index in [0.29, 0.717) is 5.69 Å². The molecular weight excluding hydrogens is 300 g/mol. The number of benzene rings is 2. The first kappa shape index (κ1) is 14.6. The zero-order valence-electron chi connectivity index (χ0n) is 12.2. The Bertz CT molecular complexity index is 829. The van der Waals surface area contributed by atoms with Crippen LogP contribution in [0.3, 0.4) is 0 Å². The summed E-state index contributed by atoms with van der Waals surface area (Å²) in [6.07, 6.45) is 0. The Kier molecular flexibility index (Phi) is 4.13. The number of aryl methyl sites for hydroxylation is 1. The number of methoxy groups -OCH3 is 1. The minimum absolute atomic E-state index is 0.219. The fraction of sp³-hybridized carbons (Fsp3) is 0.188. The van der Waals surface area contributed by atoms with Crippen LogP contribution in [0.4, 0.5) is 5.69 Å². The Morgan fingerprint density at radius 1 is 1.23 bits per heavy atom. The van der Waals surface area contributed by atoms with Crippen LogP contribution in [-0.2, 0) is 4.74 Å². The first-order valence-corrected chi connectivity index (χ1v) is 7.49. The predicted octanol–water partition coefficient (Wildman–Crippen LogP) is 4.65. The highest BCUT2D eigenvalue weighted by atomic mass is 32.1. The van der Waals surface area contributed by atoms with E-state index < -0.39 is 0 Å². The molecule has 22 heavy (non-hydrogen) atoms. The highest BCUT2D eigenvalue weighted by Gasteiger charge is 2.09. The molecule has 0 amide bonds. The zero-order chi connectivity index (χ0) is 15.5. The van der Waals surface area contributed by atoms with Gasteiger partial charge in [0.1, 0.15) is 16.4 Å². The Labute approximate surface area is 131 Å². The van der Waals surface area contributed by atoms with E-state index in [1.807, 2.05) is 37.3 Å². The Morgan fingerprint density at radius 2 is 2.09 bits per heavy atom. The zero-order valence-corrected chi connectivity index (χ0v) is 13.0. The van der Waals surface area contributed by atoms with Crippen LogP contribution < -0.4 is 4.74 Å². The molecule has 5 nitrogen and oxygen atoms in total. The van der Waals surface area contributed by atoms with Gasteiger partial charge in [-0.1, -0.05) is 0 Å². The van der Waals surface area contributed by atoms with Crippen LogP contribution in [0.15, 0.2) is 41.6 Å². The van der Waals surface area contributed by atoms with Crippen LogP contribution in [0.2, 0.25) is 0 Å². The molecule has 0 saturated heterocycles. The number of rotatable bonds is 5. The monoisotopic (exact) mass is 314 g/mol. The third-order valence-corrected chi connectivity index (χ3v) is 4.31. The number of fused-ring (bicyclic) bond motifs is 1. The molecule has 0 aliphatic rings. The van der Waals surface area contributed by atoms with Crippen LogP contribution in [0.5, 0.6) is 5.75 Å². The van der Waals surface area contributed by atoms with Crippen molar-refractivity contribution in [2.24, 2.45) is 5.18 Å². The third kappa shape index (κ3) is 2.84. The van der Waals surface area contributed by atoms with Gasteiger partial charge in [-0.05, 0) is 54.1 Å². The number of aromatic nitrogens is 1. The summed E-state index contributed by atoms with van der Waals surface area (Å²) >= 11 is 1.58. The van der Waals surface area contributed by atoms with Crippen LogP contribution in [0.1, 0.15) is 5.56 Å². The van der Waals surface area contributed by atoms with Crippen molar-refractivity contribution in [2.45, 2.75) is 6.92 Å². The van der Waals surface area contributed by atoms with E-state index in [1.165, 1.54) is 0 Å². The van der Waals surface area contributed by atoms with Gasteiger partial charge in [0.25, 0.3) is 0 Å². The SMILES string of the molecule is COCOc1ccc2nc(-c3ccc(N=O)c(C)c3)sc2c1. The van der Waals surface area contributed by atoms with E-state index in [9.17, 15) is 4.91 Å². The van der Waals surface area contributed by atoms with Crippen LogP contribution in [0.25, 0.3) is 20.8 Å². The average molecular weight is 314 g/mol. The van der Waals surface area contributed by atoms with Crippen LogP contribution in [0, 0.1) is 11.8 Å². The maximum atomic E-state index is 10.7. The van der Waals surface area contributed by atoms with Crippen molar-refractivity contribution in [3.8, 4) is 16.3 Å². The molecule has 0 saturated carbocycles. The fourth-order valence-electron chi connectivity index (χ4n) is 2.14. The van der Waals surface area contributed by atoms with Gasteiger partial charge in [0.05, 0.1) is 10.2 Å². The van der Waals surface area contributed by atoms with Gasteiger partial charge in [-0.3, -0.25) is 0 Å². The van der Waals surface area contributed by atoms with Crippen molar-refractivity contribution < 1.29 is 9.47 Å². The Hall–Kier alpha value is -2.31. The number of nitrogens with zero attached hydrogens (tertiary/aromatic N) is 2. The summed E-state index contributed by atoms with van der Waals surface area (Å²) in [5.41, 5.74) is 3.20. The second kappa shape index (κ2) is 6.21. The molecule has 0 bridgehead atoms. The Morgan fingerprint density at radius 3 is 2.82 bits per heavy atom. The Balaban J connectivity index is 1.97. The molecule has 0 fully saturated rings. The summed E-state index contributed by atoms with van der Waals surface area (Å²) in [5, 5.41) is 3.89. The van der Waals surface area contributed by atoms with Crippen molar-refractivity contribution in [3.63, 3.8) is 0 Å². The summed E-state index contributed by atoms with van der Waals surface area (Å²) in [6.45, 7) is 2.08. The van der Waals surface area contributed by atoms with E-state index in [0.717, 1.165) is 32.1 Å². The standard InChI is InChI=1S/C16H14N2O3S/c1-10-7-11(3-5-13(10)18-19)16-17-14-6-4-12(21-9-20-2)8-15(14)22-16/h3-8H,9H2,1-2H3. The summed E-state index contributed by atoms with van der Waals surface area (Å²) in [7, 11) is 1.59. The lowest BCUT2D eigenvalue weighted by molar-refractivity contribution is 0.0512. The van der Waals surface area contributed by atoms with Gasteiger partial charge in [-0.25, -0.2) is 4.98 Å². The van der Waals surface area contributed by atoms with Crippen molar-refractivity contribution in [3.05, 3.63) is 46.9 Å². The highest BCUT2D eigenvalue weighted by molar-refractivity contribution is 7.21. The van der Waals surface area contributed by atoms with E-state index in [4.69, 9.17) is 9.47 Å². The molecule has 1 aromatic heterocycles. The smallest absolute Gasteiger partial charge is 0.188 e. The third-order valence-electron chi connectivity index (χ3n) is 3.25. The number of nitroso groups, excluding NO2 is 1. The molecule has 0 radical (unpaired) electrons. The van der Waals surface area contributed by atoms with Gasteiger partial charge >= 0.3 is 0 Å². The second-order valence-electron chi connectivity index (χ2n) is 4.79. The molecule has 6 heteroatoms. The summed E-state index contributed by atoms with van der Waals surface area (Å²) in [5.74, 6) is 0.751. The number of thiazole rings is 1. The first-order valence-electron chi connectivity index (χ1n) is 6.68. The maximum absolute atomic E-state index is 10.7. The highest BCUT2D eigenvalue weighted by Crippen LogP contribution is 2.34. The van der Waals surface area contributed by atoms with Gasteiger partial charge < -0.3 is 9.47 Å². The van der Waals surface area contributed by atoms with Crippen molar-refractivity contribution >= 4 is 27.2 Å². The topological polar surface area (TPSA) is 60.8 Å². The molecule has 0 aliphatic carbocycles. The number of hydrogen-bond donors (Lipinski definition) is 0. The molecule has 0 aliphatic heterocycles. The number of ether oxygens (including phenoxy) is 2. The van der Waals surface area contributed by atoms with Crippen LogP contribution >= 0.6 is 11.3 Å². The van der Waals surface area contributed by atoms with Gasteiger partial charge in [-0.2, -0.15) is 0 Å². The molecular formula is C16H14N2O3S. The van der Waals surface area contributed by atoms with Crippen molar-refractivity contribution in [1.82, 2.24) is 4.98 Å². The van der Waals surface area contributed by atoms with E-state index >= 15 is 0 Å². The quantitative estimate of drug-likeness (QED) is 0.508. The lowest BCUT2D eigenvalue weighted by Gasteiger charge is -2.03. The minimum atomic E-state index is 0.219. The van der Waals surface area contributed by atoms with Crippen LogP contribution in [-0.4, -0.2) is 18.9 Å². The molecule has 0 unspecified atom stereocenters. The predicted molar refractivity (Wildman–Crippen MR) is 87.8 cm³/mol. The molecule has 0 atom stereocenters. The first-order chi connectivity index (χ1) is 10.7. The molecule has 0 spiro atoms. The molecule has 112 valence electrons.